The normalized spacial score (nSPS) is 15.5. The molecule has 0 amide bonds. The highest BCUT2D eigenvalue weighted by molar-refractivity contribution is 8.03. The van der Waals surface area contributed by atoms with E-state index in [0.717, 1.165) is 55.8 Å². The van der Waals surface area contributed by atoms with Gasteiger partial charge in [0.15, 0.2) is 0 Å². The molecule has 6 heteroatoms. The van der Waals surface area contributed by atoms with E-state index in [2.05, 4.69) is 137 Å². The number of allylic oxidation sites excluding steroid dienone is 2. The summed E-state index contributed by atoms with van der Waals surface area (Å²) in [6.45, 7) is 8.18. The topological polar surface area (TPSA) is 33.1 Å². The van der Waals surface area contributed by atoms with Gasteiger partial charge in [-0.25, -0.2) is 4.98 Å². The van der Waals surface area contributed by atoms with Gasteiger partial charge in [-0.2, -0.15) is 0 Å². The van der Waals surface area contributed by atoms with Crippen molar-refractivity contribution in [2.75, 3.05) is 10.2 Å². The fourth-order valence-electron chi connectivity index (χ4n) is 5.94. The maximum Gasteiger partial charge on any atom is 0.145 e. The van der Waals surface area contributed by atoms with Crippen LogP contribution in [-0.2, 0) is 0 Å². The molecule has 6 aromatic rings. The Labute approximate surface area is 265 Å². The van der Waals surface area contributed by atoms with Crippen molar-refractivity contribution in [1.29, 1.82) is 0 Å². The monoisotopic (exact) mass is 604 g/mol. The van der Waals surface area contributed by atoms with Crippen LogP contribution in [-0.4, -0.2) is 9.55 Å². The minimum atomic E-state index is 0.103. The summed E-state index contributed by atoms with van der Waals surface area (Å²) in [6.07, 6.45) is 3.83. The van der Waals surface area contributed by atoms with Crippen LogP contribution in [0.2, 0.25) is 0 Å². The van der Waals surface area contributed by atoms with Crippen molar-refractivity contribution in [1.82, 2.24) is 9.55 Å². The van der Waals surface area contributed by atoms with Gasteiger partial charge in [-0.3, -0.25) is 4.57 Å². The molecular formula is C38H28N4S2. The molecule has 1 atom stereocenters. The van der Waals surface area contributed by atoms with Gasteiger partial charge in [-0.05, 0) is 60.2 Å². The van der Waals surface area contributed by atoms with Crippen molar-refractivity contribution in [3.8, 4) is 17.1 Å². The quantitative estimate of drug-likeness (QED) is 0.205. The molecule has 44 heavy (non-hydrogen) atoms. The Bertz CT molecular complexity index is 2080. The van der Waals surface area contributed by atoms with Crippen LogP contribution in [0.4, 0.5) is 17.1 Å². The van der Waals surface area contributed by atoms with E-state index in [0.29, 0.717) is 0 Å². The summed E-state index contributed by atoms with van der Waals surface area (Å²) in [7, 11) is 0. The summed E-state index contributed by atoms with van der Waals surface area (Å²) < 4.78 is 2.26. The fourth-order valence-corrected chi connectivity index (χ4v) is 8.10. The van der Waals surface area contributed by atoms with Gasteiger partial charge in [-0.15, -0.1) is 0 Å². The zero-order valence-electron chi connectivity index (χ0n) is 23.9. The molecule has 8 rings (SSSR count). The predicted octanol–water partition coefficient (Wildman–Crippen LogP) is 10.7. The smallest absolute Gasteiger partial charge is 0.145 e. The Balaban J connectivity index is 1.14. The highest BCUT2D eigenvalue weighted by Crippen LogP contribution is 2.50. The van der Waals surface area contributed by atoms with E-state index in [1.54, 1.807) is 11.8 Å². The summed E-state index contributed by atoms with van der Waals surface area (Å²) >= 11 is 3.57. The average molecular weight is 605 g/mol. The van der Waals surface area contributed by atoms with Crippen LogP contribution < -0.4 is 10.2 Å². The van der Waals surface area contributed by atoms with Crippen molar-refractivity contribution in [2.45, 2.75) is 15.2 Å². The summed E-state index contributed by atoms with van der Waals surface area (Å²) in [6, 6.07) is 42.7. The molecule has 2 aliphatic rings. The highest BCUT2D eigenvalue weighted by Gasteiger charge is 2.28. The summed E-state index contributed by atoms with van der Waals surface area (Å²) in [4.78, 5) is 10.9. The molecule has 0 aliphatic carbocycles. The lowest BCUT2D eigenvalue weighted by Crippen LogP contribution is -2.19. The first-order chi connectivity index (χ1) is 21.7. The number of fused-ring (bicyclic) bond motifs is 3. The van der Waals surface area contributed by atoms with Crippen LogP contribution in [0.3, 0.4) is 0 Å². The third kappa shape index (κ3) is 4.46. The number of hydrogen-bond acceptors (Lipinski definition) is 5. The lowest BCUT2D eigenvalue weighted by atomic mass is 10.1. The van der Waals surface area contributed by atoms with Gasteiger partial charge < -0.3 is 10.2 Å². The first kappa shape index (κ1) is 26.7. The molecule has 1 N–H and O–H groups in total. The van der Waals surface area contributed by atoms with Crippen molar-refractivity contribution in [3.05, 3.63) is 163 Å². The Kier molecular flexibility index (Phi) is 6.66. The van der Waals surface area contributed by atoms with Crippen LogP contribution in [0.25, 0.3) is 28.1 Å². The second-order valence-corrected chi connectivity index (χ2v) is 12.8. The third-order valence-electron chi connectivity index (χ3n) is 7.99. The molecule has 0 spiro atoms. The Morgan fingerprint density at radius 2 is 1.45 bits per heavy atom. The van der Waals surface area contributed by atoms with Crippen molar-refractivity contribution in [3.63, 3.8) is 0 Å². The zero-order chi connectivity index (χ0) is 29.6. The molecule has 212 valence electrons. The number of thioether (sulfide) groups is 2. The van der Waals surface area contributed by atoms with Crippen molar-refractivity contribution >= 4 is 51.6 Å². The molecule has 1 unspecified atom stereocenters. The Morgan fingerprint density at radius 1 is 0.727 bits per heavy atom. The number of rotatable bonds is 6. The average Bonchev–Trinajstić information content (AvgIpc) is 3.68. The molecule has 0 saturated heterocycles. The maximum atomic E-state index is 5.14. The third-order valence-corrected chi connectivity index (χ3v) is 10.4. The lowest BCUT2D eigenvalue weighted by Gasteiger charge is -2.33. The number of hydrogen-bond donors (Lipinski definition) is 1. The number of anilines is 3. The SMILES string of the molecule is C=CC1=C(C=C)N(c2ccc(C3Nc4cc5c(cc4S3)nc(-c3ccccc3)n5-c3ccccc3)cc2)c2ccccc2S1. The number of aromatic nitrogens is 2. The predicted molar refractivity (Wildman–Crippen MR) is 187 cm³/mol. The molecule has 0 saturated carbocycles. The van der Waals surface area contributed by atoms with Crippen LogP contribution >= 0.6 is 23.5 Å². The van der Waals surface area contributed by atoms with Gasteiger partial charge in [-0.1, -0.05) is 116 Å². The molecule has 3 heterocycles. The molecule has 2 aliphatic heterocycles. The van der Waals surface area contributed by atoms with Crippen LogP contribution in [0, 0.1) is 0 Å². The lowest BCUT2D eigenvalue weighted by molar-refractivity contribution is 1.10. The van der Waals surface area contributed by atoms with E-state index in [1.165, 1.54) is 15.4 Å². The van der Waals surface area contributed by atoms with Gasteiger partial charge >= 0.3 is 0 Å². The van der Waals surface area contributed by atoms with E-state index >= 15 is 0 Å². The second kappa shape index (κ2) is 11.0. The summed E-state index contributed by atoms with van der Waals surface area (Å²) in [5.41, 5.74) is 9.90. The Morgan fingerprint density at radius 3 is 2.20 bits per heavy atom. The van der Waals surface area contributed by atoms with Crippen molar-refractivity contribution < 1.29 is 0 Å². The number of nitrogens with zero attached hydrogens (tertiary/aromatic N) is 3. The standard InChI is InChI=1S/C38H28N4S2/c1-3-31-34(4-2)43-35-18-12-11-17-32(35)41(31)28-21-19-26(20-22-28)38-40-30-23-33-29(24-36(30)44-38)39-37(25-13-7-5-8-14-25)42(33)27-15-9-6-10-16-27/h3-24,38,40H,1-2H2. The first-order valence-electron chi connectivity index (χ1n) is 14.5. The number of para-hydroxylation sites is 2. The molecule has 4 nitrogen and oxygen atoms in total. The van der Waals surface area contributed by atoms with Crippen LogP contribution in [0.1, 0.15) is 10.9 Å². The van der Waals surface area contributed by atoms with Gasteiger partial charge in [0.1, 0.15) is 11.2 Å². The van der Waals surface area contributed by atoms with Gasteiger partial charge in [0, 0.05) is 31.6 Å². The van der Waals surface area contributed by atoms with E-state index in [-0.39, 0.29) is 5.37 Å². The summed E-state index contributed by atoms with van der Waals surface area (Å²) in [5, 5.41) is 3.89. The van der Waals surface area contributed by atoms with E-state index in [1.807, 2.05) is 36.0 Å². The Hall–Kier alpha value is -4.91. The zero-order valence-corrected chi connectivity index (χ0v) is 25.5. The molecule has 1 aromatic heterocycles. The maximum absolute atomic E-state index is 5.14. The van der Waals surface area contributed by atoms with Gasteiger partial charge in [0.25, 0.3) is 0 Å². The number of nitrogens with one attached hydrogen (secondary N) is 1. The van der Waals surface area contributed by atoms with Crippen LogP contribution in [0.5, 0.6) is 0 Å². The minimum Gasteiger partial charge on any atom is -0.368 e. The molecule has 5 aromatic carbocycles. The number of imidazole rings is 1. The second-order valence-electron chi connectivity index (χ2n) is 10.6. The van der Waals surface area contributed by atoms with E-state index in [9.17, 15) is 0 Å². The van der Waals surface area contributed by atoms with E-state index < -0.39 is 0 Å². The van der Waals surface area contributed by atoms with Gasteiger partial charge in [0.2, 0.25) is 0 Å². The highest BCUT2D eigenvalue weighted by atomic mass is 32.2. The first-order valence-corrected chi connectivity index (χ1v) is 16.2. The van der Waals surface area contributed by atoms with Crippen LogP contribution in [0.15, 0.2) is 167 Å². The molecule has 0 bridgehead atoms. The minimum absolute atomic E-state index is 0.103. The van der Waals surface area contributed by atoms with Gasteiger partial charge in [0.05, 0.1) is 28.1 Å². The molecule has 0 fully saturated rings. The fraction of sp³-hybridized carbons (Fsp3) is 0.0263. The molecular weight excluding hydrogens is 577 g/mol. The largest absolute Gasteiger partial charge is 0.368 e. The molecule has 0 radical (unpaired) electrons. The van der Waals surface area contributed by atoms with Crippen molar-refractivity contribution in [2.24, 2.45) is 0 Å². The van der Waals surface area contributed by atoms with E-state index in [4.69, 9.17) is 4.98 Å². The number of benzene rings is 5. The summed E-state index contributed by atoms with van der Waals surface area (Å²) in [5.74, 6) is 0.942.